The van der Waals surface area contributed by atoms with E-state index in [-0.39, 0.29) is 6.61 Å². The van der Waals surface area contributed by atoms with Gasteiger partial charge in [0, 0.05) is 6.61 Å². The van der Waals surface area contributed by atoms with Gasteiger partial charge in [-0.2, -0.15) is 0 Å². The molecule has 0 aliphatic rings. The van der Waals surface area contributed by atoms with Gasteiger partial charge in [-0.3, -0.25) is 0 Å². The summed E-state index contributed by atoms with van der Waals surface area (Å²) in [5.74, 6) is 0. The van der Waals surface area contributed by atoms with Crippen LogP contribution in [0.1, 0.15) is 53.4 Å². The summed E-state index contributed by atoms with van der Waals surface area (Å²) in [4.78, 5) is 0. The molecule has 0 aliphatic heterocycles. The van der Waals surface area contributed by atoms with Crippen molar-refractivity contribution in [2.75, 3.05) is 6.61 Å². The Morgan fingerprint density at radius 3 is 2.35 bits per heavy atom. The fourth-order valence-electron chi connectivity index (χ4n) is 1.43. The van der Waals surface area contributed by atoms with Crippen LogP contribution >= 0.6 is 0 Å². The molecular formula is C16H26O. The molecule has 0 saturated heterocycles. The highest BCUT2D eigenvalue weighted by molar-refractivity contribution is 5.07. The number of hydrogen-bond donors (Lipinski definition) is 1. The van der Waals surface area contributed by atoms with Gasteiger partial charge in [0.05, 0.1) is 0 Å². The Labute approximate surface area is 106 Å². The van der Waals surface area contributed by atoms with Crippen LogP contribution in [-0.4, -0.2) is 11.7 Å². The maximum absolute atomic E-state index is 8.69. The van der Waals surface area contributed by atoms with E-state index in [4.69, 9.17) is 5.11 Å². The molecule has 0 saturated carbocycles. The van der Waals surface area contributed by atoms with Crippen molar-refractivity contribution in [3.05, 3.63) is 40.7 Å². The second-order valence-corrected chi connectivity index (χ2v) is 4.72. The average Bonchev–Trinajstić information content (AvgIpc) is 2.25. The van der Waals surface area contributed by atoms with Crippen molar-refractivity contribution in [3.63, 3.8) is 0 Å². The molecular weight excluding hydrogens is 208 g/mol. The number of aliphatic hydroxyl groups is 1. The van der Waals surface area contributed by atoms with Crippen LogP contribution in [0.25, 0.3) is 0 Å². The molecule has 1 N–H and O–H groups in total. The number of hydrogen-bond acceptors (Lipinski definition) is 1. The molecule has 0 heterocycles. The minimum atomic E-state index is 0.235. The highest BCUT2D eigenvalue weighted by Gasteiger charge is 1.87. The zero-order chi connectivity index (χ0) is 13.1. The van der Waals surface area contributed by atoms with Crippen LogP contribution in [0.4, 0.5) is 0 Å². The lowest BCUT2D eigenvalue weighted by Gasteiger charge is -1.95. The lowest BCUT2D eigenvalue weighted by atomic mass is 10.1. The number of allylic oxidation sites excluding steroid dienone is 4. The lowest BCUT2D eigenvalue weighted by Crippen LogP contribution is -1.79. The van der Waals surface area contributed by atoms with Gasteiger partial charge in [-0.15, -0.1) is 5.73 Å². The zero-order valence-corrected chi connectivity index (χ0v) is 11.7. The Balaban J connectivity index is 4.06. The minimum absolute atomic E-state index is 0.235. The normalized spacial score (nSPS) is 10.8. The van der Waals surface area contributed by atoms with Crippen LogP contribution in [0.3, 0.4) is 0 Å². The highest BCUT2D eigenvalue weighted by Crippen LogP contribution is 2.06. The molecule has 0 aromatic carbocycles. The van der Waals surface area contributed by atoms with Gasteiger partial charge >= 0.3 is 0 Å². The predicted molar refractivity (Wildman–Crippen MR) is 76.0 cm³/mol. The molecule has 0 fully saturated rings. The molecule has 1 heteroatoms. The van der Waals surface area contributed by atoms with Gasteiger partial charge in [-0.1, -0.05) is 23.3 Å². The molecule has 0 bridgehead atoms. The number of aliphatic hydroxyl groups excluding tert-OH is 1. The standard InChI is InChI=1S/C16H26O/c1-14(2)8-5-9-15(3)10-6-11-16(4)12-7-13-17/h6,8,12,17H,5,7,9,11,13H2,1-4H3/b16-12-. The van der Waals surface area contributed by atoms with E-state index >= 15 is 0 Å². The topological polar surface area (TPSA) is 20.2 Å². The van der Waals surface area contributed by atoms with E-state index in [1.54, 1.807) is 0 Å². The third-order valence-corrected chi connectivity index (χ3v) is 2.47. The first-order valence-corrected chi connectivity index (χ1v) is 6.36. The van der Waals surface area contributed by atoms with Crippen molar-refractivity contribution >= 4 is 0 Å². The van der Waals surface area contributed by atoms with Gasteiger partial charge in [-0.05, 0) is 65.0 Å². The monoisotopic (exact) mass is 234 g/mol. The molecule has 17 heavy (non-hydrogen) atoms. The van der Waals surface area contributed by atoms with E-state index in [2.05, 4.69) is 51.7 Å². The molecule has 0 unspecified atom stereocenters. The molecule has 0 radical (unpaired) electrons. The summed E-state index contributed by atoms with van der Waals surface area (Å²) in [5, 5.41) is 8.69. The largest absolute Gasteiger partial charge is 0.396 e. The van der Waals surface area contributed by atoms with Crippen molar-refractivity contribution < 1.29 is 5.11 Å². The smallest absolute Gasteiger partial charge is 0.0465 e. The van der Waals surface area contributed by atoms with Crippen molar-refractivity contribution in [2.45, 2.75) is 53.4 Å². The van der Waals surface area contributed by atoms with Crippen molar-refractivity contribution in [2.24, 2.45) is 0 Å². The molecule has 1 nitrogen and oxygen atoms in total. The van der Waals surface area contributed by atoms with Crippen molar-refractivity contribution in [1.29, 1.82) is 0 Å². The Morgan fingerprint density at radius 2 is 1.76 bits per heavy atom. The van der Waals surface area contributed by atoms with Gasteiger partial charge in [0.1, 0.15) is 0 Å². The maximum atomic E-state index is 8.69. The van der Waals surface area contributed by atoms with Gasteiger partial charge in [0.25, 0.3) is 0 Å². The summed E-state index contributed by atoms with van der Waals surface area (Å²) in [6.07, 6.45) is 10.3. The van der Waals surface area contributed by atoms with Gasteiger partial charge in [-0.25, -0.2) is 0 Å². The summed E-state index contributed by atoms with van der Waals surface area (Å²) in [7, 11) is 0. The van der Waals surface area contributed by atoms with Gasteiger partial charge in [0.2, 0.25) is 0 Å². The molecule has 96 valence electrons. The summed E-state index contributed by atoms with van der Waals surface area (Å²) >= 11 is 0. The van der Waals surface area contributed by atoms with E-state index in [9.17, 15) is 0 Å². The first-order valence-electron chi connectivity index (χ1n) is 6.36. The molecule has 0 aliphatic carbocycles. The highest BCUT2D eigenvalue weighted by atomic mass is 16.2. The van der Waals surface area contributed by atoms with E-state index < -0.39 is 0 Å². The van der Waals surface area contributed by atoms with Crippen molar-refractivity contribution in [3.8, 4) is 0 Å². The summed E-state index contributed by atoms with van der Waals surface area (Å²) in [5.41, 5.74) is 7.30. The fourth-order valence-corrected chi connectivity index (χ4v) is 1.43. The Kier molecular flexibility index (Phi) is 9.52. The minimum Gasteiger partial charge on any atom is -0.396 e. The first kappa shape index (κ1) is 16.0. The van der Waals surface area contributed by atoms with E-state index in [1.165, 1.54) is 16.7 Å². The van der Waals surface area contributed by atoms with Crippen LogP contribution in [-0.2, 0) is 0 Å². The molecule has 0 aromatic heterocycles. The van der Waals surface area contributed by atoms with Crippen LogP contribution in [0, 0.1) is 0 Å². The molecule has 0 atom stereocenters. The fraction of sp³-hybridized carbons (Fsp3) is 0.562. The molecule has 0 rings (SSSR count). The quantitative estimate of drug-likeness (QED) is 0.506. The Hall–Kier alpha value is -1.04. The van der Waals surface area contributed by atoms with E-state index in [1.807, 2.05) is 0 Å². The van der Waals surface area contributed by atoms with Gasteiger partial charge < -0.3 is 5.11 Å². The summed E-state index contributed by atoms with van der Waals surface area (Å²) in [6, 6.07) is 0. The Bertz CT molecular complexity index is 321. The molecule has 0 aromatic rings. The molecule has 0 spiro atoms. The third-order valence-electron chi connectivity index (χ3n) is 2.47. The number of rotatable bonds is 7. The van der Waals surface area contributed by atoms with Crippen LogP contribution in [0.5, 0.6) is 0 Å². The van der Waals surface area contributed by atoms with E-state index in [0.717, 1.165) is 25.7 Å². The average molecular weight is 234 g/mol. The van der Waals surface area contributed by atoms with E-state index in [0.29, 0.717) is 0 Å². The van der Waals surface area contributed by atoms with Gasteiger partial charge in [0.15, 0.2) is 0 Å². The summed E-state index contributed by atoms with van der Waals surface area (Å²) in [6.45, 7) is 8.71. The van der Waals surface area contributed by atoms with Crippen molar-refractivity contribution in [1.82, 2.24) is 0 Å². The Morgan fingerprint density at radius 1 is 1.06 bits per heavy atom. The van der Waals surface area contributed by atoms with Crippen LogP contribution in [0.15, 0.2) is 40.7 Å². The second-order valence-electron chi connectivity index (χ2n) is 4.72. The van der Waals surface area contributed by atoms with Crippen LogP contribution < -0.4 is 0 Å². The molecule has 0 amide bonds. The SMILES string of the molecule is CC(=C=CC/C(C)=C\CCO)CCC=C(C)C. The zero-order valence-electron chi connectivity index (χ0n) is 11.7. The second kappa shape index (κ2) is 10.1. The van der Waals surface area contributed by atoms with Crippen LogP contribution in [0.2, 0.25) is 0 Å². The maximum Gasteiger partial charge on any atom is 0.0465 e. The summed E-state index contributed by atoms with van der Waals surface area (Å²) < 4.78 is 0. The third kappa shape index (κ3) is 11.2. The predicted octanol–water partition coefficient (Wildman–Crippen LogP) is 4.55. The lowest BCUT2D eigenvalue weighted by molar-refractivity contribution is 0.302. The first-order chi connectivity index (χ1) is 8.06.